The standard InChI is InChI=1S/C32H34N6O/c1-21-13-22(2)19-38(18-21)30-10-6-9-27(37-30)28-12-11-24-16-34-26(15-29(24)36-28)17-35-31(39)23-7-5-8-25(14-23)32(3,4)20-33/h5-12,14-16,21-22H,13,17-19H2,1-4H3,(H,35,39). The molecule has 5 rings (SSSR count). The molecule has 7 heteroatoms. The summed E-state index contributed by atoms with van der Waals surface area (Å²) in [6.07, 6.45) is 3.04. The molecule has 1 fully saturated rings. The van der Waals surface area contributed by atoms with Gasteiger partial charge < -0.3 is 10.2 Å². The molecule has 0 saturated carbocycles. The second-order valence-corrected chi connectivity index (χ2v) is 11.3. The molecule has 1 N–H and O–H groups in total. The minimum atomic E-state index is -0.668. The van der Waals surface area contributed by atoms with Gasteiger partial charge in [-0.2, -0.15) is 5.26 Å². The topological polar surface area (TPSA) is 94.8 Å². The van der Waals surface area contributed by atoms with Gasteiger partial charge >= 0.3 is 0 Å². The zero-order valence-corrected chi connectivity index (χ0v) is 23.0. The van der Waals surface area contributed by atoms with E-state index in [9.17, 15) is 10.1 Å². The maximum atomic E-state index is 12.8. The summed E-state index contributed by atoms with van der Waals surface area (Å²) >= 11 is 0. The van der Waals surface area contributed by atoms with E-state index < -0.39 is 5.41 Å². The molecule has 4 aromatic rings. The van der Waals surface area contributed by atoms with Crippen molar-refractivity contribution in [3.8, 4) is 17.5 Å². The first-order valence-electron chi connectivity index (χ1n) is 13.5. The molecule has 2 atom stereocenters. The molecule has 2 unspecified atom stereocenters. The van der Waals surface area contributed by atoms with E-state index in [0.717, 1.165) is 46.8 Å². The predicted molar refractivity (Wildman–Crippen MR) is 154 cm³/mol. The number of nitrogens with one attached hydrogen (secondary N) is 1. The van der Waals surface area contributed by atoms with Crippen LogP contribution in [0.25, 0.3) is 22.3 Å². The number of nitriles is 1. The van der Waals surface area contributed by atoms with Crippen molar-refractivity contribution in [2.75, 3.05) is 18.0 Å². The molecule has 0 aliphatic carbocycles. The predicted octanol–water partition coefficient (Wildman–Crippen LogP) is 5.91. The lowest BCUT2D eigenvalue weighted by Gasteiger charge is -2.35. The van der Waals surface area contributed by atoms with Crippen LogP contribution in [-0.4, -0.2) is 33.9 Å². The Morgan fingerprint density at radius 1 is 1.03 bits per heavy atom. The van der Waals surface area contributed by atoms with Gasteiger partial charge in [-0.15, -0.1) is 0 Å². The summed E-state index contributed by atoms with van der Waals surface area (Å²) in [4.78, 5) is 29.6. The summed E-state index contributed by atoms with van der Waals surface area (Å²) in [5.41, 5.74) is 3.82. The van der Waals surface area contributed by atoms with Crippen LogP contribution >= 0.6 is 0 Å². The van der Waals surface area contributed by atoms with Gasteiger partial charge in [0.25, 0.3) is 5.91 Å². The molecular weight excluding hydrogens is 484 g/mol. The number of benzene rings is 1. The molecule has 0 spiro atoms. The van der Waals surface area contributed by atoms with Crippen molar-refractivity contribution < 1.29 is 4.79 Å². The fraction of sp³-hybridized carbons (Fsp3) is 0.344. The van der Waals surface area contributed by atoms with Gasteiger partial charge in [-0.1, -0.05) is 32.0 Å². The number of aromatic nitrogens is 3. The number of carbonyl (C=O) groups is 1. The van der Waals surface area contributed by atoms with Gasteiger partial charge in [0.1, 0.15) is 5.82 Å². The first-order chi connectivity index (χ1) is 18.7. The van der Waals surface area contributed by atoms with Crippen LogP contribution in [0.15, 0.2) is 66.9 Å². The van der Waals surface area contributed by atoms with E-state index in [0.29, 0.717) is 23.1 Å². The molecule has 0 radical (unpaired) electrons. The Morgan fingerprint density at radius 3 is 2.54 bits per heavy atom. The number of rotatable bonds is 6. The third-order valence-electron chi connectivity index (χ3n) is 7.38. The van der Waals surface area contributed by atoms with Gasteiger partial charge in [0.2, 0.25) is 0 Å². The number of hydrogen-bond acceptors (Lipinski definition) is 6. The van der Waals surface area contributed by atoms with Gasteiger partial charge in [-0.3, -0.25) is 9.78 Å². The monoisotopic (exact) mass is 518 g/mol. The number of carbonyl (C=O) groups excluding carboxylic acids is 1. The van der Waals surface area contributed by atoms with Gasteiger partial charge in [-0.05, 0) is 80.1 Å². The van der Waals surface area contributed by atoms with E-state index in [1.54, 1.807) is 24.4 Å². The minimum Gasteiger partial charge on any atom is -0.356 e. The van der Waals surface area contributed by atoms with Crippen LogP contribution in [0, 0.1) is 23.2 Å². The Bertz CT molecular complexity index is 1550. The average molecular weight is 519 g/mol. The van der Waals surface area contributed by atoms with Crippen molar-refractivity contribution in [3.05, 3.63) is 83.7 Å². The Morgan fingerprint density at radius 2 is 1.77 bits per heavy atom. The van der Waals surface area contributed by atoms with Crippen LogP contribution < -0.4 is 10.2 Å². The van der Waals surface area contributed by atoms with E-state index in [1.807, 2.05) is 50.2 Å². The van der Waals surface area contributed by atoms with Gasteiger partial charge in [0.15, 0.2) is 0 Å². The van der Waals surface area contributed by atoms with Crippen LogP contribution in [-0.2, 0) is 12.0 Å². The second kappa shape index (κ2) is 10.8. The number of nitrogens with zero attached hydrogens (tertiary/aromatic N) is 5. The number of hydrogen-bond donors (Lipinski definition) is 1. The van der Waals surface area contributed by atoms with Crippen molar-refractivity contribution in [2.24, 2.45) is 11.8 Å². The highest BCUT2D eigenvalue weighted by molar-refractivity contribution is 5.94. The maximum absolute atomic E-state index is 12.8. The van der Waals surface area contributed by atoms with Crippen molar-refractivity contribution in [2.45, 2.75) is 46.1 Å². The lowest BCUT2D eigenvalue weighted by atomic mass is 9.85. The zero-order valence-electron chi connectivity index (χ0n) is 23.0. The van der Waals surface area contributed by atoms with E-state index in [2.05, 4.69) is 41.2 Å². The van der Waals surface area contributed by atoms with E-state index >= 15 is 0 Å². The Kier molecular flexibility index (Phi) is 7.30. The summed E-state index contributed by atoms with van der Waals surface area (Å²) < 4.78 is 0. The van der Waals surface area contributed by atoms with E-state index in [4.69, 9.17) is 9.97 Å². The fourth-order valence-electron chi connectivity index (χ4n) is 5.28. The molecule has 198 valence electrons. The first-order valence-corrected chi connectivity index (χ1v) is 13.5. The van der Waals surface area contributed by atoms with Crippen LogP contribution in [0.4, 0.5) is 5.82 Å². The van der Waals surface area contributed by atoms with Gasteiger partial charge in [0, 0.05) is 30.2 Å². The molecule has 1 saturated heterocycles. The minimum absolute atomic E-state index is 0.212. The molecule has 7 nitrogen and oxygen atoms in total. The zero-order chi connectivity index (χ0) is 27.6. The molecule has 3 aromatic heterocycles. The van der Waals surface area contributed by atoms with Gasteiger partial charge in [0.05, 0.1) is 40.6 Å². The number of pyridine rings is 3. The second-order valence-electron chi connectivity index (χ2n) is 11.3. The largest absolute Gasteiger partial charge is 0.356 e. The summed E-state index contributed by atoms with van der Waals surface area (Å²) in [5, 5.41) is 13.3. The highest BCUT2D eigenvalue weighted by atomic mass is 16.1. The van der Waals surface area contributed by atoms with Gasteiger partial charge in [-0.25, -0.2) is 9.97 Å². The molecule has 4 heterocycles. The van der Waals surface area contributed by atoms with Crippen LogP contribution in [0.5, 0.6) is 0 Å². The Labute approximate surface area is 229 Å². The molecule has 1 amide bonds. The fourth-order valence-corrected chi connectivity index (χ4v) is 5.28. The van der Waals surface area contributed by atoms with Crippen LogP contribution in [0.3, 0.4) is 0 Å². The summed E-state index contributed by atoms with van der Waals surface area (Å²) in [6.45, 7) is 10.6. The first kappa shape index (κ1) is 26.3. The quantitative estimate of drug-likeness (QED) is 0.341. The average Bonchev–Trinajstić information content (AvgIpc) is 2.95. The number of piperidine rings is 1. The highest BCUT2D eigenvalue weighted by Crippen LogP contribution is 2.27. The molecular formula is C32H34N6O. The molecule has 1 aliphatic heterocycles. The smallest absolute Gasteiger partial charge is 0.251 e. The molecule has 39 heavy (non-hydrogen) atoms. The van der Waals surface area contributed by atoms with E-state index in [1.165, 1.54) is 6.42 Å². The van der Waals surface area contributed by atoms with Crippen LogP contribution in [0.1, 0.15) is 55.7 Å². The van der Waals surface area contributed by atoms with Crippen molar-refractivity contribution in [3.63, 3.8) is 0 Å². The SMILES string of the molecule is CC1CC(C)CN(c2cccc(-c3ccc4cnc(CNC(=O)c5cccc(C(C)(C)C#N)c5)cc4n3)n2)C1. The third kappa shape index (κ3) is 5.91. The summed E-state index contributed by atoms with van der Waals surface area (Å²) in [5.74, 6) is 2.08. The van der Waals surface area contributed by atoms with Crippen molar-refractivity contribution in [1.29, 1.82) is 5.26 Å². The lowest BCUT2D eigenvalue weighted by molar-refractivity contribution is 0.0950. The molecule has 1 aliphatic rings. The normalized spacial score (nSPS) is 17.6. The van der Waals surface area contributed by atoms with Crippen molar-refractivity contribution >= 4 is 22.6 Å². The third-order valence-corrected chi connectivity index (χ3v) is 7.38. The summed E-state index contributed by atoms with van der Waals surface area (Å²) in [7, 11) is 0. The Balaban J connectivity index is 1.33. The highest BCUT2D eigenvalue weighted by Gasteiger charge is 2.23. The molecule has 1 aromatic carbocycles. The molecule has 0 bridgehead atoms. The summed E-state index contributed by atoms with van der Waals surface area (Å²) in [6, 6.07) is 21.5. The van der Waals surface area contributed by atoms with Crippen LogP contribution in [0.2, 0.25) is 0 Å². The number of amides is 1. The number of fused-ring (bicyclic) bond motifs is 1. The Hall–Kier alpha value is -4.31. The number of anilines is 1. The maximum Gasteiger partial charge on any atom is 0.251 e. The van der Waals surface area contributed by atoms with E-state index in [-0.39, 0.29) is 12.5 Å². The van der Waals surface area contributed by atoms with Crippen molar-refractivity contribution in [1.82, 2.24) is 20.3 Å². The lowest BCUT2D eigenvalue weighted by Crippen LogP contribution is -2.39.